The average Bonchev–Trinajstić information content (AvgIpc) is 3.51. The molecule has 0 N–H and O–H groups in total. The molecule has 1 heteroatoms. The largest absolute Gasteiger partial charge is 3.00 e. The summed E-state index contributed by atoms with van der Waals surface area (Å²) in [6.45, 7) is 0. The zero-order valence-electron chi connectivity index (χ0n) is 17.9. The second-order valence-corrected chi connectivity index (χ2v) is 7.28. The van der Waals surface area contributed by atoms with Crippen LogP contribution in [0, 0.1) is 6.42 Å². The van der Waals surface area contributed by atoms with Gasteiger partial charge in [0.25, 0.3) is 0 Å². The van der Waals surface area contributed by atoms with E-state index in [9.17, 15) is 0 Å². The van der Waals surface area contributed by atoms with Crippen LogP contribution in [0.2, 0.25) is 0 Å². The minimum absolute atomic E-state index is 0. The van der Waals surface area contributed by atoms with Gasteiger partial charge < -0.3 is 0 Å². The van der Waals surface area contributed by atoms with Crippen LogP contribution in [-0.2, 0) is 26.2 Å². The molecule has 0 spiro atoms. The molecule has 6 aromatic rings. The van der Waals surface area contributed by atoms with Crippen LogP contribution < -0.4 is 0 Å². The second-order valence-electron chi connectivity index (χ2n) is 7.28. The summed E-state index contributed by atoms with van der Waals surface area (Å²) in [4.78, 5) is 0. The maximum absolute atomic E-state index is 2.17. The topological polar surface area (TPSA) is 0 Å². The summed E-state index contributed by atoms with van der Waals surface area (Å²) in [5.74, 6) is 0. The molecule has 0 fully saturated rings. The Labute approximate surface area is 210 Å². The van der Waals surface area contributed by atoms with Crippen LogP contribution in [0.3, 0.4) is 0 Å². The molecule has 0 bridgehead atoms. The van der Waals surface area contributed by atoms with Crippen LogP contribution >= 0.6 is 0 Å². The summed E-state index contributed by atoms with van der Waals surface area (Å²) >= 11 is 0. The van der Waals surface area contributed by atoms with E-state index in [-0.39, 0.29) is 26.2 Å². The van der Waals surface area contributed by atoms with Gasteiger partial charge in [-0.2, -0.15) is 35.0 Å². The smallest absolute Gasteiger partial charge is 0.168 e. The Hall–Kier alpha value is -3.15. The predicted octanol–water partition coefficient (Wildman–Crippen LogP) is 8.40. The SMILES string of the molecule is [Zr+3].c1ccc([CH-]c2ccccc2)cc1.c1ccc2[cH-]ccc2c1.c1ccc2[cH-]ccc2c1. The minimum Gasteiger partial charge on any atom is -0.168 e. The molecule has 0 aliphatic carbocycles. The molecular formula is C31H25Zr. The first-order valence-corrected chi connectivity index (χ1v) is 10.5. The third kappa shape index (κ3) is 6.94. The molecule has 0 amide bonds. The summed E-state index contributed by atoms with van der Waals surface area (Å²) in [5.41, 5.74) is 2.49. The molecule has 0 unspecified atom stereocenters. The Morgan fingerprint density at radius 2 is 0.781 bits per heavy atom. The maximum Gasteiger partial charge on any atom is 3.00 e. The predicted molar refractivity (Wildman–Crippen MR) is 134 cm³/mol. The van der Waals surface area contributed by atoms with Crippen LogP contribution in [-0.4, -0.2) is 0 Å². The van der Waals surface area contributed by atoms with Crippen molar-refractivity contribution in [1.82, 2.24) is 0 Å². The van der Waals surface area contributed by atoms with E-state index in [0.29, 0.717) is 0 Å². The standard InChI is InChI=1S/C13H11.2C9H7.Zr/c1-3-7-12(8-4-1)11-13-9-5-2-6-10-13;2*1-2-5-9-7-3-6-8(9)4-1;/h1-11H;2*1-7H;/q3*-1;+3. The van der Waals surface area contributed by atoms with Crippen LogP contribution in [0.1, 0.15) is 11.1 Å². The van der Waals surface area contributed by atoms with E-state index >= 15 is 0 Å². The average molecular weight is 489 g/mol. The van der Waals surface area contributed by atoms with Crippen molar-refractivity contribution in [2.45, 2.75) is 0 Å². The van der Waals surface area contributed by atoms with Crippen molar-refractivity contribution in [3.63, 3.8) is 0 Å². The van der Waals surface area contributed by atoms with Gasteiger partial charge in [0.2, 0.25) is 0 Å². The van der Waals surface area contributed by atoms with Gasteiger partial charge in [-0.25, -0.2) is 0 Å². The quantitative estimate of drug-likeness (QED) is 0.215. The summed E-state index contributed by atoms with van der Waals surface area (Å²) in [6, 6.07) is 50.0. The van der Waals surface area contributed by atoms with Gasteiger partial charge in [-0.1, -0.05) is 48.5 Å². The van der Waals surface area contributed by atoms with Gasteiger partial charge >= 0.3 is 26.2 Å². The van der Waals surface area contributed by atoms with Gasteiger partial charge in [0.15, 0.2) is 0 Å². The molecule has 0 aliphatic heterocycles. The fraction of sp³-hybridized carbons (Fsp3) is 0. The van der Waals surface area contributed by atoms with Crippen molar-refractivity contribution >= 4 is 21.5 Å². The Kier molecular flexibility index (Phi) is 9.29. The van der Waals surface area contributed by atoms with E-state index in [2.05, 4.69) is 140 Å². The molecule has 0 saturated heterocycles. The summed E-state index contributed by atoms with van der Waals surface area (Å²) in [6.07, 6.45) is 2.17. The maximum atomic E-state index is 2.17. The van der Waals surface area contributed by atoms with E-state index < -0.39 is 0 Å². The minimum atomic E-state index is 0. The first kappa shape index (κ1) is 23.5. The third-order valence-corrected chi connectivity index (χ3v) is 5.03. The van der Waals surface area contributed by atoms with Gasteiger partial charge in [-0.3, -0.25) is 0 Å². The number of fused-ring (bicyclic) bond motifs is 2. The molecule has 6 aromatic carbocycles. The Morgan fingerprint density at radius 3 is 1.19 bits per heavy atom. The normalized spacial score (nSPS) is 9.62. The second kappa shape index (κ2) is 12.6. The van der Waals surface area contributed by atoms with Gasteiger partial charge in [0, 0.05) is 0 Å². The van der Waals surface area contributed by atoms with Crippen LogP contribution in [0.15, 0.2) is 146 Å². The zero-order valence-corrected chi connectivity index (χ0v) is 20.4. The van der Waals surface area contributed by atoms with Crippen molar-refractivity contribution in [3.8, 4) is 0 Å². The first-order valence-electron chi connectivity index (χ1n) is 10.5. The molecule has 6 rings (SSSR count). The fourth-order valence-corrected chi connectivity index (χ4v) is 3.43. The first-order chi connectivity index (χ1) is 15.4. The summed E-state index contributed by atoms with van der Waals surface area (Å²) in [7, 11) is 0. The van der Waals surface area contributed by atoms with Crippen molar-refractivity contribution in [2.24, 2.45) is 0 Å². The molecule has 0 heterocycles. The molecule has 0 atom stereocenters. The molecule has 153 valence electrons. The molecule has 0 nitrogen and oxygen atoms in total. The van der Waals surface area contributed by atoms with Crippen molar-refractivity contribution in [2.75, 3.05) is 0 Å². The van der Waals surface area contributed by atoms with Crippen LogP contribution in [0.5, 0.6) is 0 Å². The van der Waals surface area contributed by atoms with Gasteiger partial charge in [-0.15, -0.1) is 101 Å². The van der Waals surface area contributed by atoms with Gasteiger partial charge in [-0.05, 0) is 0 Å². The molecular weight excluding hydrogens is 464 g/mol. The molecule has 0 aliphatic rings. The number of benzene rings is 4. The van der Waals surface area contributed by atoms with E-state index in [1.165, 1.54) is 32.7 Å². The van der Waals surface area contributed by atoms with Crippen molar-refractivity contribution in [3.05, 3.63) is 163 Å². The summed E-state index contributed by atoms with van der Waals surface area (Å²) in [5, 5.41) is 5.32. The molecule has 32 heavy (non-hydrogen) atoms. The van der Waals surface area contributed by atoms with E-state index in [1.807, 2.05) is 12.1 Å². The van der Waals surface area contributed by atoms with E-state index in [1.54, 1.807) is 0 Å². The van der Waals surface area contributed by atoms with E-state index in [4.69, 9.17) is 0 Å². The molecule has 0 saturated carbocycles. The number of hydrogen-bond acceptors (Lipinski definition) is 0. The molecule has 1 radical (unpaired) electrons. The van der Waals surface area contributed by atoms with Crippen molar-refractivity contribution < 1.29 is 26.2 Å². The summed E-state index contributed by atoms with van der Waals surface area (Å²) < 4.78 is 0. The van der Waals surface area contributed by atoms with Crippen LogP contribution in [0.25, 0.3) is 21.5 Å². The number of rotatable bonds is 2. The number of hydrogen-bond donors (Lipinski definition) is 0. The Morgan fingerprint density at radius 1 is 0.406 bits per heavy atom. The van der Waals surface area contributed by atoms with Crippen molar-refractivity contribution in [1.29, 1.82) is 0 Å². The third-order valence-electron chi connectivity index (χ3n) is 5.03. The fourth-order valence-electron chi connectivity index (χ4n) is 3.43. The Balaban J connectivity index is 0.000000137. The zero-order chi connectivity index (χ0) is 21.1. The molecule has 0 aromatic heterocycles. The Bertz CT molecular complexity index is 1130. The van der Waals surface area contributed by atoms with Crippen LogP contribution in [0.4, 0.5) is 0 Å². The van der Waals surface area contributed by atoms with E-state index in [0.717, 1.165) is 0 Å². The van der Waals surface area contributed by atoms with Gasteiger partial charge in [0.1, 0.15) is 0 Å². The monoisotopic (exact) mass is 487 g/mol. The van der Waals surface area contributed by atoms with Gasteiger partial charge in [0.05, 0.1) is 0 Å².